The van der Waals surface area contributed by atoms with Crippen molar-refractivity contribution in [2.45, 2.75) is 19.8 Å². The zero-order chi connectivity index (χ0) is 15.0. The van der Waals surface area contributed by atoms with Gasteiger partial charge in [-0.05, 0) is 61.2 Å². The third-order valence-electron chi connectivity index (χ3n) is 3.83. The molecule has 1 heterocycles. The Morgan fingerprint density at radius 1 is 1.29 bits per heavy atom. The van der Waals surface area contributed by atoms with Crippen LogP contribution in [-0.4, -0.2) is 12.4 Å². The lowest BCUT2D eigenvalue weighted by atomic mass is 9.95. The lowest BCUT2D eigenvalue weighted by molar-refractivity contribution is 0.103. The van der Waals surface area contributed by atoms with Crippen LogP contribution in [0.2, 0.25) is 0 Å². The molecule has 0 radical (unpaired) electrons. The monoisotopic (exact) mass is 345 g/mol. The highest BCUT2D eigenvalue weighted by molar-refractivity contribution is 9.10. The molecule has 0 saturated heterocycles. The molecule has 0 amide bonds. The summed E-state index contributed by atoms with van der Waals surface area (Å²) in [5.74, 6) is 0.886. The quantitative estimate of drug-likeness (QED) is 0.663. The van der Waals surface area contributed by atoms with Gasteiger partial charge >= 0.3 is 0 Å². The molecule has 0 fully saturated rings. The fourth-order valence-electron chi connectivity index (χ4n) is 2.59. The maximum atomic E-state index is 12.7. The summed E-state index contributed by atoms with van der Waals surface area (Å²) in [7, 11) is 0. The first-order valence-corrected chi connectivity index (χ1v) is 7.71. The number of benzene rings is 2. The molecule has 0 unspecified atom stereocenters. The van der Waals surface area contributed by atoms with E-state index in [0.29, 0.717) is 16.8 Å². The van der Waals surface area contributed by atoms with Gasteiger partial charge in [-0.3, -0.25) is 4.79 Å². The Bertz CT molecular complexity index is 725. The number of ether oxygens (including phenoxy) is 1. The molecule has 2 N–H and O–H groups in total. The average molecular weight is 346 g/mol. The lowest BCUT2D eigenvalue weighted by Crippen LogP contribution is -2.11. The molecule has 1 aliphatic heterocycles. The number of fused-ring (bicyclic) bond motifs is 1. The molecule has 4 heteroatoms. The second-order valence-electron chi connectivity index (χ2n) is 5.27. The zero-order valence-corrected chi connectivity index (χ0v) is 13.4. The number of hydrogen-bond acceptors (Lipinski definition) is 3. The number of aryl methyl sites for hydroxylation is 1. The lowest BCUT2D eigenvalue weighted by Gasteiger charge is -2.18. The van der Waals surface area contributed by atoms with Gasteiger partial charge in [0.25, 0.3) is 0 Å². The summed E-state index contributed by atoms with van der Waals surface area (Å²) in [4.78, 5) is 12.7. The van der Waals surface area contributed by atoms with E-state index in [1.165, 1.54) is 0 Å². The minimum atomic E-state index is -0.00567. The highest BCUT2D eigenvalue weighted by Crippen LogP contribution is 2.29. The number of carbonyl (C=O) groups excluding carboxylic acids is 1. The van der Waals surface area contributed by atoms with Crippen LogP contribution in [0.1, 0.15) is 33.5 Å². The fraction of sp³-hybridized carbons (Fsp3) is 0.235. The number of rotatable bonds is 2. The van der Waals surface area contributed by atoms with Gasteiger partial charge in [-0.15, -0.1) is 0 Å². The summed E-state index contributed by atoms with van der Waals surface area (Å²) in [6.07, 6.45) is 1.95. The van der Waals surface area contributed by atoms with Crippen molar-refractivity contribution in [1.82, 2.24) is 0 Å². The maximum absolute atomic E-state index is 12.7. The first-order chi connectivity index (χ1) is 10.1. The number of nitrogen functional groups attached to an aromatic ring is 1. The van der Waals surface area contributed by atoms with Gasteiger partial charge in [-0.2, -0.15) is 0 Å². The fourth-order valence-corrected chi connectivity index (χ4v) is 3.07. The van der Waals surface area contributed by atoms with Crippen LogP contribution < -0.4 is 10.5 Å². The van der Waals surface area contributed by atoms with E-state index in [1.807, 2.05) is 37.3 Å². The Morgan fingerprint density at radius 3 is 2.90 bits per heavy atom. The van der Waals surface area contributed by atoms with Crippen molar-refractivity contribution in [3.8, 4) is 5.75 Å². The van der Waals surface area contributed by atoms with Crippen LogP contribution in [0.5, 0.6) is 5.75 Å². The van der Waals surface area contributed by atoms with Crippen molar-refractivity contribution in [3.63, 3.8) is 0 Å². The van der Waals surface area contributed by atoms with Crippen molar-refractivity contribution >= 4 is 27.4 Å². The van der Waals surface area contributed by atoms with Crippen LogP contribution in [0, 0.1) is 6.92 Å². The van der Waals surface area contributed by atoms with E-state index in [4.69, 9.17) is 10.5 Å². The third-order valence-corrected chi connectivity index (χ3v) is 4.29. The number of carbonyl (C=O) groups is 1. The van der Waals surface area contributed by atoms with Crippen molar-refractivity contribution < 1.29 is 9.53 Å². The van der Waals surface area contributed by atoms with Crippen molar-refractivity contribution in [2.75, 3.05) is 12.3 Å². The van der Waals surface area contributed by atoms with Crippen molar-refractivity contribution in [2.24, 2.45) is 0 Å². The Labute approximate surface area is 132 Å². The summed E-state index contributed by atoms with van der Waals surface area (Å²) in [6.45, 7) is 2.62. The minimum Gasteiger partial charge on any atom is -0.493 e. The topological polar surface area (TPSA) is 52.3 Å². The van der Waals surface area contributed by atoms with Gasteiger partial charge in [0.1, 0.15) is 5.75 Å². The summed E-state index contributed by atoms with van der Waals surface area (Å²) < 4.78 is 6.40. The summed E-state index contributed by atoms with van der Waals surface area (Å²) in [5, 5.41) is 0. The normalized spacial score (nSPS) is 13.4. The second-order valence-corrected chi connectivity index (χ2v) is 6.19. The molecule has 2 aromatic rings. The average Bonchev–Trinajstić information content (AvgIpc) is 2.49. The Morgan fingerprint density at radius 2 is 2.10 bits per heavy atom. The van der Waals surface area contributed by atoms with Crippen LogP contribution in [0.4, 0.5) is 5.69 Å². The molecule has 0 spiro atoms. The molecule has 0 saturated carbocycles. The summed E-state index contributed by atoms with van der Waals surface area (Å²) in [5.41, 5.74) is 9.80. The Balaban J connectivity index is 2.03. The first kappa shape index (κ1) is 14.1. The molecule has 0 bridgehead atoms. The standard InChI is InChI=1S/C17H16BrNO2/c1-10-14(8-13(18)9-15(10)19)17(20)12-4-5-16-11(7-12)3-2-6-21-16/h4-5,7-9H,2-3,6,19H2,1H3. The highest BCUT2D eigenvalue weighted by Gasteiger charge is 2.17. The van der Waals surface area contributed by atoms with Crippen LogP contribution in [-0.2, 0) is 6.42 Å². The van der Waals surface area contributed by atoms with Gasteiger partial charge in [-0.25, -0.2) is 0 Å². The predicted molar refractivity (Wildman–Crippen MR) is 87.0 cm³/mol. The predicted octanol–water partition coefficient (Wildman–Crippen LogP) is 3.90. The molecule has 3 nitrogen and oxygen atoms in total. The Hall–Kier alpha value is -1.81. The molecule has 1 aliphatic rings. The summed E-state index contributed by atoms with van der Waals surface area (Å²) in [6, 6.07) is 9.28. The van der Waals surface area contributed by atoms with Gasteiger partial charge in [0, 0.05) is 21.3 Å². The van der Waals surface area contributed by atoms with E-state index in [0.717, 1.165) is 40.8 Å². The van der Waals surface area contributed by atoms with E-state index in [2.05, 4.69) is 15.9 Å². The molecule has 0 aliphatic carbocycles. The molecular weight excluding hydrogens is 330 g/mol. The van der Waals surface area contributed by atoms with Crippen LogP contribution in [0.3, 0.4) is 0 Å². The van der Waals surface area contributed by atoms with Crippen LogP contribution in [0.25, 0.3) is 0 Å². The Kier molecular flexibility index (Phi) is 3.72. The highest BCUT2D eigenvalue weighted by atomic mass is 79.9. The molecule has 0 aromatic heterocycles. The van der Waals surface area contributed by atoms with Crippen molar-refractivity contribution in [3.05, 3.63) is 57.1 Å². The van der Waals surface area contributed by atoms with Gasteiger partial charge in [-0.1, -0.05) is 15.9 Å². The van der Waals surface area contributed by atoms with Gasteiger partial charge in [0.15, 0.2) is 5.78 Å². The van der Waals surface area contributed by atoms with E-state index in [-0.39, 0.29) is 5.78 Å². The molecule has 3 rings (SSSR count). The molecule has 108 valence electrons. The molecule has 2 aromatic carbocycles. The largest absolute Gasteiger partial charge is 0.493 e. The number of nitrogens with two attached hydrogens (primary N) is 1. The SMILES string of the molecule is Cc1c(N)cc(Br)cc1C(=O)c1ccc2c(c1)CCCO2. The smallest absolute Gasteiger partial charge is 0.193 e. The summed E-state index contributed by atoms with van der Waals surface area (Å²) >= 11 is 3.40. The van der Waals surface area contributed by atoms with Crippen LogP contribution in [0.15, 0.2) is 34.8 Å². The molecule has 21 heavy (non-hydrogen) atoms. The van der Waals surface area contributed by atoms with E-state index < -0.39 is 0 Å². The molecule has 0 atom stereocenters. The number of hydrogen-bond donors (Lipinski definition) is 1. The van der Waals surface area contributed by atoms with Gasteiger partial charge < -0.3 is 10.5 Å². The number of anilines is 1. The van der Waals surface area contributed by atoms with Crippen LogP contribution >= 0.6 is 15.9 Å². The van der Waals surface area contributed by atoms with E-state index >= 15 is 0 Å². The third kappa shape index (κ3) is 2.68. The zero-order valence-electron chi connectivity index (χ0n) is 11.8. The minimum absolute atomic E-state index is 0.00567. The van der Waals surface area contributed by atoms with E-state index in [1.54, 1.807) is 0 Å². The number of ketones is 1. The first-order valence-electron chi connectivity index (χ1n) is 6.92. The molecular formula is C17H16BrNO2. The number of halogens is 1. The second kappa shape index (κ2) is 5.53. The van der Waals surface area contributed by atoms with E-state index in [9.17, 15) is 4.79 Å². The maximum Gasteiger partial charge on any atom is 0.193 e. The van der Waals surface area contributed by atoms with Gasteiger partial charge in [0.05, 0.1) is 6.61 Å². The van der Waals surface area contributed by atoms with Gasteiger partial charge in [0.2, 0.25) is 0 Å². The van der Waals surface area contributed by atoms with Crippen molar-refractivity contribution in [1.29, 1.82) is 0 Å².